The molecule has 0 saturated carbocycles. The molecule has 2 aliphatic heterocycles. The van der Waals surface area contributed by atoms with Crippen molar-refractivity contribution in [3.05, 3.63) is 57.9 Å². The Kier molecular flexibility index (Phi) is 5.24. The summed E-state index contributed by atoms with van der Waals surface area (Å²) in [4.78, 5) is 40.3. The molecule has 2 saturated heterocycles. The van der Waals surface area contributed by atoms with E-state index >= 15 is 0 Å². The fourth-order valence-electron chi connectivity index (χ4n) is 5.75. The van der Waals surface area contributed by atoms with Gasteiger partial charge in [-0.15, -0.1) is 0 Å². The first-order valence-electron chi connectivity index (χ1n) is 11.7. The van der Waals surface area contributed by atoms with Crippen LogP contribution in [0.4, 0.5) is 4.79 Å². The maximum atomic E-state index is 13.4. The molecule has 180 valence electrons. The molecule has 1 aliphatic carbocycles. The summed E-state index contributed by atoms with van der Waals surface area (Å²) in [6.07, 6.45) is 3.58. The van der Waals surface area contributed by atoms with E-state index in [1.165, 1.54) is 11.1 Å². The molecule has 0 bridgehead atoms. The summed E-state index contributed by atoms with van der Waals surface area (Å²) >= 11 is 0. The summed E-state index contributed by atoms with van der Waals surface area (Å²) < 4.78 is 25.8. The fraction of sp³-hybridized carbons (Fsp3) is 0.480. The van der Waals surface area contributed by atoms with Crippen LogP contribution in [0.15, 0.2) is 24.3 Å². The molecule has 0 spiro atoms. The van der Waals surface area contributed by atoms with Crippen LogP contribution in [0, 0.1) is 13.8 Å². The molecule has 9 heteroatoms. The first kappa shape index (κ1) is 22.8. The second kappa shape index (κ2) is 7.80. The zero-order valence-corrected chi connectivity index (χ0v) is 20.5. The Morgan fingerprint density at radius 2 is 1.88 bits per heavy atom. The molecule has 8 nitrogen and oxygen atoms in total. The minimum absolute atomic E-state index is 0.0587. The first-order chi connectivity index (χ1) is 16.0. The Bertz CT molecular complexity index is 1340. The number of benzene rings is 1. The van der Waals surface area contributed by atoms with Crippen LogP contribution in [-0.4, -0.2) is 53.7 Å². The van der Waals surface area contributed by atoms with Gasteiger partial charge in [-0.05, 0) is 69.2 Å². The number of rotatable bonds is 5. The topological polar surface area (TPSA) is 106 Å². The first-order valence-corrected chi connectivity index (χ1v) is 13.5. The number of fused-ring (bicyclic) bond motifs is 1. The normalized spacial score (nSPS) is 25.6. The van der Waals surface area contributed by atoms with Crippen molar-refractivity contribution in [1.82, 2.24) is 14.8 Å². The van der Waals surface area contributed by atoms with Gasteiger partial charge in [0.2, 0.25) is 0 Å². The Morgan fingerprint density at radius 3 is 2.59 bits per heavy atom. The van der Waals surface area contributed by atoms with E-state index in [0.29, 0.717) is 17.7 Å². The van der Waals surface area contributed by atoms with Gasteiger partial charge in [-0.1, -0.05) is 18.2 Å². The van der Waals surface area contributed by atoms with E-state index in [9.17, 15) is 22.8 Å². The van der Waals surface area contributed by atoms with E-state index in [1.807, 2.05) is 29.7 Å². The number of sulfone groups is 1. The summed E-state index contributed by atoms with van der Waals surface area (Å²) in [5.41, 5.74) is 3.86. The standard InChI is InChI=1S/C25H29N3O5S/c1-15-11-21(16(2)28(15)20-9-10-34(32,33)14-20)22(29)13-27-23(30)25(3,26-24(27)31)19-8-7-17-5-4-6-18(17)12-19/h7-8,11-12,20H,4-6,9-10,13-14H2,1-3H3,(H,26,31)/t20-,25+/m1/s1. The van der Waals surface area contributed by atoms with Crippen LogP contribution in [0.1, 0.15) is 64.2 Å². The van der Waals surface area contributed by atoms with Crippen LogP contribution >= 0.6 is 0 Å². The molecular weight excluding hydrogens is 454 g/mol. The molecule has 1 aromatic heterocycles. The van der Waals surface area contributed by atoms with Crippen LogP contribution in [0.3, 0.4) is 0 Å². The Balaban J connectivity index is 1.38. The van der Waals surface area contributed by atoms with Crippen LogP contribution in [0.25, 0.3) is 0 Å². The van der Waals surface area contributed by atoms with Crippen molar-refractivity contribution in [2.24, 2.45) is 0 Å². The number of aromatic nitrogens is 1. The van der Waals surface area contributed by atoms with E-state index in [2.05, 4.69) is 5.32 Å². The van der Waals surface area contributed by atoms with Crippen molar-refractivity contribution in [3.63, 3.8) is 0 Å². The number of imide groups is 1. The van der Waals surface area contributed by atoms with E-state index in [4.69, 9.17) is 0 Å². The van der Waals surface area contributed by atoms with Crippen LogP contribution in [0.2, 0.25) is 0 Å². The molecule has 2 fully saturated rings. The SMILES string of the molecule is Cc1cc(C(=O)CN2C(=O)N[C@@](C)(c3ccc4c(c3)CCC4)C2=O)c(C)n1[C@@H]1CCS(=O)(=O)C1. The monoisotopic (exact) mass is 483 g/mol. The Morgan fingerprint density at radius 1 is 1.15 bits per heavy atom. The number of amides is 3. The fourth-order valence-corrected chi connectivity index (χ4v) is 7.45. The van der Waals surface area contributed by atoms with Gasteiger partial charge in [0, 0.05) is 23.0 Å². The predicted octanol–water partition coefficient (Wildman–Crippen LogP) is 2.60. The van der Waals surface area contributed by atoms with Crippen molar-refractivity contribution in [1.29, 1.82) is 0 Å². The van der Waals surface area contributed by atoms with Gasteiger partial charge in [0.1, 0.15) is 5.54 Å². The van der Waals surface area contributed by atoms with Crippen molar-refractivity contribution >= 4 is 27.6 Å². The largest absolute Gasteiger partial charge is 0.344 e. The maximum Gasteiger partial charge on any atom is 0.325 e. The van der Waals surface area contributed by atoms with Gasteiger partial charge < -0.3 is 9.88 Å². The number of carbonyl (C=O) groups excluding carboxylic acids is 3. The molecule has 1 N–H and O–H groups in total. The molecule has 1 aromatic carbocycles. The summed E-state index contributed by atoms with van der Waals surface area (Å²) in [7, 11) is -3.08. The molecule has 3 aliphatic rings. The maximum absolute atomic E-state index is 13.4. The summed E-state index contributed by atoms with van der Waals surface area (Å²) in [6.45, 7) is 4.94. The number of aryl methyl sites for hydroxylation is 3. The zero-order valence-electron chi connectivity index (χ0n) is 19.7. The Labute approximate surface area is 199 Å². The lowest BCUT2D eigenvalue weighted by molar-refractivity contribution is -0.130. The third-order valence-electron chi connectivity index (χ3n) is 7.61. The number of hydrogen-bond acceptors (Lipinski definition) is 5. The molecule has 2 atom stereocenters. The molecule has 3 amide bonds. The molecule has 0 unspecified atom stereocenters. The van der Waals surface area contributed by atoms with E-state index in [1.54, 1.807) is 19.9 Å². The third-order valence-corrected chi connectivity index (χ3v) is 9.36. The average molecular weight is 484 g/mol. The van der Waals surface area contributed by atoms with E-state index in [0.717, 1.165) is 35.4 Å². The highest BCUT2D eigenvalue weighted by Gasteiger charge is 2.49. The van der Waals surface area contributed by atoms with Gasteiger partial charge in [0.05, 0.1) is 18.1 Å². The molecule has 34 heavy (non-hydrogen) atoms. The van der Waals surface area contributed by atoms with Crippen LogP contribution in [-0.2, 0) is 33.0 Å². The van der Waals surface area contributed by atoms with Crippen molar-refractivity contribution < 1.29 is 22.8 Å². The molecule has 2 aromatic rings. The van der Waals surface area contributed by atoms with Gasteiger partial charge >= 0.3 is 6.03 Å². The highest BCUT2D eigenvalue weighted by molar-refractivity contribution is 7.91. The van der Waals surface area contributed by atoms with E-state index < -0.39 is 27.3 Å². The van der Waals surface area contributed by atoms with Crippen LogP contribution in [0.5, 0.6) is 0 Å². The minimum atomic E-state index is -3.08. The number of ketones is 1. The Hall–Kier alpha value is -2.94. The summed E-state index contributed by atoms with van der Waals surface area (Å²) in [5, 5.41) is 2.79. The predicted molar refractivity (Wildman–Crippen MR) is 127 cm³/mol. The number of nitrogens with one attached hydrogen (secondary N) is 1. The molecule has 0 radical (unpaired) electrons. The van der Waals surface area contributed by atoms with Crippen molar-refractivity contribution in [2.75, 3.05) is 18.1 Å². The van der Waals surface area contributed by atoms with Gasteiger partial charge in [-0.3, -0.25) is 14.5 Å². The number of Topliss-reactive ketones (excluding diaryl/α,β-unsaturated/α-hetero) is 1. The van der Waals surface area contributed by atoms with Crippen LogP contribution < -0.4 is 5.32 Å². The average Bonchev–Trinajstić information content (AvgIpc) is 3.50. The number of carbonyl (C=O) groups is 3. The van der Waals surface area contributed by atoms with Gasteiger partial charge in [-0.2, -0.15) is 0 Å². The zero-order chi connectivity index (χ0) is 24.4. The molecule has 3 heterocycles. The highest BCUT2D eigenvalue weighted by Crippen LogP contribution is 2.33. The minimum Gasteiger partial charge on any atom is -0.344 e. The van der Waals surface area contributed by atoms with Crippen molar-refractivity contribution in [3.8, 4) is 0 Å². The second-order valence-corrected chi connectivity index (χ2v) is 12.1. The summed E-state index contributed by atoms with van der Waals surface area (Å²) in [6, 6.07) is 6.84. The van der Waals surface area contributed by atoms with Gasteiger partial charge in [-0.25, -0.2) is 13.2 Å². The van der Waals surface area contributed by atoms with Crippen molar-refractivity contribution in [2.45, 2.75) is 58.0 Å². The lowest BCUT2D eigenvalue weighted by Gasteiger charge is -2.23. The van der Waals surface area contributed by atoms with Gasteiger partial charge in [0.15, 0.2) is 15.6 Å². The van der Waals surface area contributed by atoms with E-state index in [-0.39, 0.29) is 29.9 Å². The second-order valence-electron chi connectivity index (χ2n) is 9.92. The third kappa shape index (κ3) is 3.57. The van der Waals surface area contributed by atoms with Gasteiger partial charge in [0.25, 0.3) is 5.91 Å². The summed E-state index contributed by atoms with van der Waals surface area (Å²) in [5.74, 6) is -0.591. The quantitative estimate of drug-likeness (QED) is 0.520. The number of nitrogens with zero attached hydrogens (tertiary/aromatic N) is 2. The molecular formula is C25H29N3O5S. The molecule has 5 rings (SSSR count). The highest BCUT2D eigenvalue weighted by atomic mass is 32.2. The number of hydrogen-bond donors (Lipinski definition) is 1. The number of urea groups is 1. The lowest BCUT2D eigenvalue weighted by Crippen LogP contribution is -2.41. The smallest absolute Gasteiger partial charge is 0.325 e. The lowest BCUT2D eigenvalue weighted by atomic mass is 9.89.